The Morgan fingerprint density at radius 1 is 1.31 bits per heavy atom. The highest BCUT2D eigenvalue weighted by Crippen LogP contribution is 2.22. The van der Waals surface area contributed by atoms with Crippen LogP contribution < -0.4 is 10.2 Å². The lowest BCUT2D eigenvalue weighted by molar-refractivity contribution is 0.311. The topological polar surface area (TPSA) is 35.5 Å². The van der Waals surface area contributed by atoms with Gasteiger partial charge in [-0.15, -0.1) is 0 Å². The second-order valence-corrected chi connectivity index (χ2v) is 3.06. The predicted octanol–water partition coefficient (Wildman–Crippen LogP) is 1.16. The molecule has 2 N–H and O–H groups in total. The van der Waals surface area contributed by atoms with Crippen molar-refractivity contribution in [3.63, 3.8) is 0 Å². The third-order valence-corrected chi connectivity index (χ3v) is 1.81. The number of benzene rings is 1. The molecule has 1 rings (SSSR count). The minimum atomic E-state index is 0.155. The molecule has 0 unspecified atom stereocenters. The summed E-state index contributed by atoms with van der Waals surface area (Å²) in [6.45, 7) is 0.743. The fourth-order valence-electron chi connectivity index (χ4n) is 1.20. The molecule has 0 radical (unpaired) electrons. The number of nitrogens with zero attached hydrogens (tertiary/aromatic N) is 1. The van der Waals surface area contributed by atoms with Crippen LogP contribution in [-0.4, -0.2) is 32.4 Å². The van der Waals surface area contributed by atoms with Gasteiger partial charge in [-0.25, -0.2) is 0 Å². The SMILES string of the molecule is CN(C)c1ccccc1NCCO. The first kappa shape index (κ1) is 9.86. The van der Waals surface area contributed by atoms with Crippen LogP contribution in [0.1, 0.15) is 0 Å². The van der Waals surface area contributed by atoms with Crippen molar-refractivity contribution in [2.24, 2.45) is 0 Å². The number of rotatable bonds is 4. The van der Waals surface area contributed by atoms with E-state index in [1.165, 1.54) is 0 Å². The minimum Gasteiger partial charge on any atom is -0.395 e. The first-order valence-electron chi connectivity index (χ1n) is 4.37. The van der Waals surface area contributed by atoms with Gasteiger partial charge in [-0.2, -0.15) is 0 Å². The van der Waals surface area contributed by atoms with Gasteiger partial charge < -0.3 is 15.3 Å². The van der Waals surface area contributed by atoms with E-state index >= 15 is 0 Å². The molecular formula is C10H16N2O. The average molecular weight is 180 g/mol. The summed E-state index contributed by atoms with van der Waals surface area (Å²) in [6, 6.07) is 8.02. The summed E-state index contributed by atoms with van der Waals surface area (Å²) in [5.41, 5.74) is 2.19. The second-order valence-electron chi connectivity index (χ2n) is 3.06. The summed E-state index contributed by atoms with van der Waals surface area (Å²) < 4.78 is 0. The lowest BCUT2D eigenvalue weighted by Crippen LogP contribution is -2.13. The first-order chi connectivity index (χ1) is 6.25. The van der Waals surface area contributed by atoms with Crippen molar-refractivity contribution < 1.29 is 5.11 Å². The van der Waals surface area contributed by atoms with Crippen molar-refractivity contribution >= 4 is 11.4 Å². The fraction of sp³-hybridized carbons (Fsp3) is 0.400. The highest BCUT2D eigenvalue weighted by atomic mass is 16.3. The molecule has 0 saturated heterocycles. The highest BCUT2D eigenvalue weighted by molar-refractivity contribution is 5.69. The van der Waals surface area contributed by atoms with Gasteiger partial charge in [0.1, 0.15) is 0 Å². The van der Waals surface area contributed by atoms with Crippen molar-refractivity contribution in [1.29, 1.82) is 0 Å². The van der Waals surface area contributed by atoms with E-state index in [1.54, 1.807) is 0 Å². The van der Waals surface area contributed by atoms with E-state index in [2.05, 4.69) is 5.32 Å². The van der Waals surface area contributed by atoms with E-state index < -0.39 is 0 Å². The molecule has 0 aliphatic rings. The van der Waals surface area contributed by atoms with E-state index in [0.717, 1.165) is 11.4 Å². The molecule has 0 amide bonds. The van der Waals surface area contributed by atoms with Gasteiger partial charge >= 0.3 is 0 Å². The Bertz CT molecular complexity index is 261. The molecule has 72 valence electrons. The molecule has 0 bridgehead atoms. The number of nitrogens with one attached hydrogen (secondary N) is 1. The Hall–Kier alpha value is -1.22. The highest BCUT2D eigenvalue weighted by Gasteiger charge is 2.01. The lowest BCUT2D eigenvalue weighted by atomic mass is 10.2. The standard InChI is InChI=1S/C10H16N2O/c1-12(2)10-6-4-3-5-9(10)11-7-8-13/h3-6,11,13H,7-8H2,1-2H3. The normalized spacial score (nSPS) is 9.77. The first-order valence-corrected chi connectivity index (χ1v) is 4.37. The number of hydrogen-bond donors (Lipinski definition) is 2. The molecule has 1 aromatic rings. The summed E-state index contributed by atoms with van der Waals surface area (Å²) in [4.78, 5) is 2.04. The molecule has 0 aliphatic heterocycles. The van der Waals surface area contributed by atoms with E-state index in [-0.39, 0.29) is 6.61 Å². The van der Waals surface area contributed by atoms with E-state index in [4.69, 9.17) is 5.11 Å². The Kier molecular flexibility index (Phi) is 3.58. The van der Waals surface area contributed by atoms with Gasteiger partial charge in [-0.05, 0) is 12.1 Å². The monoisotopic (exact) mass is 180 g/mol. The zero-order chi connectivity index (χ0) is 9.68. The molecule has 0 aromatic heterocycles. The van der Waals surface area contributed by atoms with Crippen LogP contribution in [0.15, 0.2) is 24.3 Å². The van der Waals surface area contributed by atoms with Gasteiger partial charge in [0.25, 0.3) is 0 Å². The maximum Gasteiger partial charge on any atom is 0.0604 e. The lowest BCUT2D eigenvalue weighted by Gasteiger charge is -2.17. The maximum atomic E-state index is 8.68. The Labute approximate surface area is 79.0 Å². The van der Waals surface area contributed by atoms with Crippen LogP contribution in [0.5, 0.6) is 0 Å². The van der Waals surface area contributed by atoms with Gasteiger partial charge in [0.15, 0.2) is 0 Å². The second kappa shape index (κ2) is 4.72. The van der Waals surface area contributed by atoms with Crippen LogP contribution in [0.4, 0.5) is 11.4 Å². The van der Waals surface area contributed by atoms with Gasteiger partial charge in [0.05, 0.1) is 18.0 Å². The van der Waals surface area contributed by atoms with E-state index in [0.29, 0.717) is 6.54 Å². The Balaban J connectivity index is 2.78. The molecule has 13 heavy (non-hydrogen) atoms. The molecular weight excluding hydrogens is 164 g/mol. The molecule has 0 atom stereocenters. The number of aliphatic hydroxyl groups is 1. The summed E-state index contributed by atoms with van der Waals surface area (Å²) in [6.07, 6.45) is 0. The third-order valence-electron chi connectivity index (χ3n) is 1.81. The summed E-state index contributed by atoms with van der Waals surface area (Å²) in [5, 5.41) is 11.8. The zero-order valence-electron chi connectivity index (χ0n) is 8.12. The average Bonchev–Trinajstić information content (AvgIpc) is 2.15. The smallest absolute Gasteiger partial charge is 0.0604 e. The number of aliphatic hydroxyl groups excluding tert-OH is 1. The summed E-state index contributed by atoms with van der Waals surface area (Å²) in [5.74, 6) is 0. The molecule has 1 aromatic carbocycles. The summed E-state index contributed by atoms with van der Waals surface area (Å²) in [7, 11) is 4.00. The van der Waals surface area contributed by atoms with Gasteiger partial charge in [0, 0.05) is 20.6 Å². The number of hydrogen-bond acceptors (Lipinski definition) is 3. The van der Waals surface area contributed by atoms with Crippen molar-refractivity contribution in [2.75, 3.05) is 37.5 Å². The molecule has 0 aliphatic carbocycles. The molecule has 0 saturated carbocycles. The molecule has 0 heterocycles. The number of para-hydroxylation sites is 2. The maximum absolute atomic E-state index is 8.68. The van der Waals surface area contributed by atoms with Crippen molar-refractivity contribution in [2.45, 2.75) is 0 Å². The summed E-state index contributed by atoms with van der Waals surface area (Å²) >= 11 is 0. The fourth-order valence-corrected chi connectivity index (χ4v) is 1.20. The number of anilines is 2. The van der Waals surface area contributed by atoms with Crippen LogP contribution >= 0.6 is 0 Å². The van der Waals surface area contributed by atoms with Crippen LogP contribution in [0.2, 0.25) is 0 Å². The van der Waals surface area contributed by atoms with Crippen molar-refractivity contribution in [1.82, 2.24) is 0 Å². The Morgan fingerprint density at radius 2 is 2.00 bits per heavy atom. The largest absolute Gasteiger partial charge is 0.395 e. The third kappa shape index (κ3) is 2.63. The van der Waals surface area contributed by atoms with Crippen molar-refractivity contribution in [3.05, 3.63) is 24.3 Å². The van der Waals surface area contributed by atoms with Crippen LogP contribution in [0.3, 0.4) is 0 Å². The van der Waals surface area contributed by atoms with Gasteiger partial charge in [0.2, 0.25) is 0 Å². The molecule has 3 nitrogen and oxygen atoms in total. The van der Waals surface area contributed by atoms with Gasteiger partial charge in [-0.3, -0.25) is 0 Å². The van der Waals surface area contributed by atoms with Crippen molar-refractivity contribution in [3.8, 4) is 0 Å². The molecule has 0 spiro atoms. The molecule has 3 heteroatoms. The van der Waals surface area contributed by atoms with E-state index in [9.17, 15) is 0 Å². The van der Waals surface area contributed by atoms with Gasteiger partial charge in [-0.1, -0.05) is 12.1 Å². The van der Waals surface area contributed by atoms with E-state index in [1.807, 2.05) is 43.3 Å². The molecule has 0 fully saturated rings. The minimum absolute atomic E-state index is 0.155. The van der Waals surface area contributed by atoms with Crippen LogP contribution in [-0.2, 0) is 0 Å². The Morgan fingerprint density at radius 3 is 2.62 bits per heavy atom. The van der Waals surface area contributed by atoms with Crippen LogP contribution in [0, 0.1) is 0 Å². The van der Waals surface area contributed by atoms with Crippen LogP contribution in [0.25, 0.3) is 0 Å². The zero-order valence-corrected chi connectivity index (χ0v) is 8.12. The quantitative estimate of drug-likeness (QED) is 0.729. The predicted molar refractivity (Wildman–Crippen MR) is 56.3 cm³/mol.